The van der Waals surface area contributed by atoms with E-state index in [4.69, 9.17) is 0 Å². The van der Waals surface area contributed by atoms with Crippen molar-refractivity contribution >= 4 is 29.4 Å². The van der Waals surface area contributed by atoms with Crippen molar-refractivity contribution < 1.29 is 14.3 Å². The average Bonchev–Trinajstić information content (AvgIpc) is 2.71. The lowest BCUT2D eigenvalue weighted by Crippen LogP contribution is -2.17. The maximum Gasteiger partial charge on any atom is 0.258 e. The molecule has 0 radical (unpaired) electrons. The molecule has 0 unspecified atom stereocenters. The normalized spacial score (nSPS) is 10.9. The van der Waals surface area contributed by atoms with Crippen LogP contribution in [-0.4, -0.2) is 26.7 Å². The number of allylic oxidation sites excluding steroid dienone is 1. The van der Waals surface area contributed by atoms with Crippen LogP contribution in [0.15, 0.2) is 70.6 Å². The van der Waals surface area contributed by atoms with Crippen molar-refractivity contribution in [3.05, 3.63) is 88.0 Å². The smallest absolute Gasteiger partial charge is 0.258 e. The van der Waals surface area contributed by atoms with Gasteiger partial charge in [-0.05, 0) is 29.8 Å². The average molecular weight is 411 g/mol. The quantitative estimate of drug-likeness (QED) is 0.408. The van der Waals surface area contributed by atoms with Crippen LogP contribution >= 0.6 is 11.8 Å². The Kier molecular flexibility index (Phi) is 6.80. The largest absolute Gasteiger partial charge is 0.493 e. The van der Waals surface area contributed by atoms with Crippen LogP contribution in [0, 0.1) is 5.82 Å². The highest BCUT2D eigenvalue weighted by atomic mass is 32.2. The minimum atomic E-state index is -0.461. The summed E-state index contributed by atoms with van der Waals surface area (Å²) in [6.45, 7) is 0. The molecule has 3 rings (SSSR count). The monoisotopic (exact) mass is 411 g/mol. The molecule has 0 atom stereocenters. The van der Waals surface area contributed by atoms with E-state index in [1.807, 2.05) is 36.4 Å². The number of benzene rings is 2. The number of carbonyl (C=O) groups is 1. The Hall–Kier alpha value is -3.39. The van der Waals surface area contributed by atoms with E-state index in [-0.39, 0.29) is 34.7 Å². The number of aromatic amines is 1. The lowest BCUT2D eigenvalue weighted by Gasteiger charge is -2.06. The Morgan fingerprint density at radius 1 is 1.17 bits per heavy atom. The van der Waals surface area contributed by atoms with Crippen molar-refractivity contribution in [2.24, 2.45) is 0 Å². The number of aromatic hydroxyl groups is 1. The third-order valence-corrected chi connectivity index (χ3v) is 4.75. The van der Waals surface area contributed by atoms with Crippen molar-refractivity contribution in [2.75, 3.05) is 11.1 Å². The van der Waals surface area contributed by atoms with Gasteiger partial charge in [-0.25, -0.2) is 4.39 Å². The Morgan fingerprint density at radius 3 is 2.59 bits per heavy atom. The highest BCUT2D eigenvalue weighted by molar-refractivity contribution is 7.99. The molecule has 0 bridgehead atoms. The Balaban J connectivity index is 1.58. The number of halogens is 1. The first-order valence-corrected chi connectivity index (χ1v) is 9.72. The fourth-order valence-electron chi connectivity index (χ4n) is 2.46. The van der Waals surface area contributed by atoms with Gasteiger partial charge in [0.2, 0.25) is 11.8 Å². The zero-order valence-electron chi connectivity index (χ0n) is 15.3. The second kappa shape index (κ2) is 9.70. The minimum absolute atomic E-state index is 0.0347. The van der Waals surface area contributed by atoms with Crippen molar-refractivity contribution in [1.82, 2.24) is 9.97 Å². The number of H-pyrrole nitrogens is 1. The van der Waals surface area contributed by atoms with Crippen molar-refractivity contribution in [1.29, 1.82) is 0 Å². The summed E-state index contributed by atoms with van der Waals surface area (Å²) in [6.07, 6.45) is 3.84. The highest BCUT2D eigenvalue weighted by Gasteiger charge is 2.11. The number of nitrogens with one attached hydrogen (secondary N) is 2. The number of hydrogen-bond acceptors (Lipinski definition) is 5. The van der Waals surface area contributed by atoms with Crippen LogP contribution < -0.4 is 10.9 Å². The van der Waals surface area contributed by atoms with Crippen molar-refractivity contribution in [3.8, 4) is 5.88 Å². The maximum absolute atomic E-state index is 12.9. The molecule has 1 aromatic heterocycles. The topological polar surface area (TPSA) is 95.1 Å². The van der Waals surface area contributed by atoms with Gasteiger partial charge in [0, 0.05) is 12.1 Å². The van der Waals surface area contributed by atoms with E-state index in [1.165, 1.54) is 24.3 Å². The van der Waals surface area contributed by atoms with E-state index in [0.29, 0.717) is 5.69 Å². The molecule has 148 valence electrons. The molecular formula is C21H18FN3O3S. The molecule has 0 spiro atoms. The molecule has 2 aromatic carbocycles. The van der Waals surface area contributed by atoms with Crippen LogP contribution in [0.3, 0.4) is 0 Å². The number of hydrogen-bond donors (Lipinski definition) is 3. The van der Waals surface area contributed by atoms with Gasteiger partial charge < -0.3 is 15.4 Å². The molecule has 3 aromatic rings. The van der Waals surface area contributed by atoms with Gasteiger partial charge in [-0.2, -0.15) is 4.98 Å². The first-order valence-electron chi connectivity index (χ1n) is 8.73. The van der Waals surface area contributed by atoms with E-state index in [2.05, 4.69) is 15.3 Å². The number of amides is 1. The van der Waals surface area contributed by atoms with Crippen LogP contribution in [0.1, 0.15) is 11.1 Å². The van der Waals surface area contributed by atoms with Gasteiger partial charge in [0.1, 0.15) is 5.82 Å². The van der Waals surface area contributed by atoms with Crippen LogP contribution in [0.2, 0.25) is 0 Å². The predicted molar refractivity (Wildman–Crippen MR) is 111 cm³/mol. The summed E-state index contributed by atoms with van der Waals surface area (Å²) in [4.78, 5) is 30.7. The predicted octanol–water partition coefficient (Wildman–Crippen LogP) is 3.60. The number of aromatic nitrogens is 2. The summed E-state index contributed by atoms with van der Waals surface area (Å²) < 4.78 is 12.9. The lowest BCUT2D eigenvalue weighted by atomic mass is 10.1. The third kappa shape index (κ3) is 6.05. The molecule has 0 saturated carbocycles. The van der Waals surface area contributed by atoms with E-state index in [1.54, 1.807) is 6.08 Å². The highest BCUT2D eigenvalue weighted by Crippen LogP contribution is 2.18. The van der Waals surface area contributed by atoms with Gasteiger partial charge in [-0.3, -0.25) is 9.59 Å². The molecule has 0 aliphatic heterocycles. The molecule has 3 N–H and O–H groups in total. The summed E-state index contributed by atoms with van der Waals surface area (Å²) in [6, 6.07) is 14.9. The fraction of sp³-hybridized carbons (Fsp3) is 0.0952. The van der Waals surface area contributed by atoms with Gasteiger partial charge in [0.05, 0.1) is 11.3 Å². The van der Waals surface area contributed by atoms with E-state index in [9.17, 15) is 19.1 Å². The summed E-state index contributed by atoms with van der Waals surface area (Å²) in [7, 11) is 0. The number of rotatable bonds is 7. The van der Waals surface area contributed by atoms with Crippen LogP contribution in [0.4, 0.5) is 10.1 Å². The molecule has 0 fully saturated rings. The number of anilines is 1. The molecule has 1 heterocycles. The van der Waals surface area contributed by atoms with Gasteiger partial charge in [0.15, 0.2) is 5.16 Å². The number of nitrogens with zero attached hydrogens (tertiary/aromatic N) is 1. The van der Waals surface area contributed by atoms with Gasteiger partial charge in [-0.15, -0.1) is 0 Å². The molecule has 0 aliphatic rings. The zero-order chi connectivity index (χ0) is 20.6. The summed E-state index contributed by atoms with van der Waals surface area (Å²) in [5.41, 5.74) is 1.13. The molecule has 29 heavy (non-hydrogen) atoms. The van der Waals surface area contributed by atoms with Crippen LogP contribution in [-0.2, 0) is 11.2 Å². The van der Waals surface area contributed by atoms with E-state index >= 15 is 0 Å². The van der Waals surface area contributed by atoms with Crippen LogP contribution in [0.5, 0.6) is 5.88 Å². The molecule has 6 nitrogen and oxygen atoms in total. The Labute approximate surface area is 170 Å². The molecule has 0 aliphatic carbocycles. The minimum Gasteiger partial charge on any atom is -0.493 e. The standard InChI is InChI=1S/C21H18FN3O3S/c22-15-9-11-16(12-10-15)23-18(26)13-29-21-24-19(27)17(20(28)25-21)8-4-7-14-5-2-1-3-6-14/h1-7,9-12H,8,13H2,(H,23,26)(H2,24,25,27,28)/b7-4+. The SMILES string of the molecule is O=C(CSc1nc(O)c(C/C=C/c2ccccc2)c(=O)[nH]1)Nc1ccc(F)cc1. The Bertz CT molecular complexity index is 1070. The van der Waals surface area contributed by atoms with Crippen molar-refractivity contribution in [3.63, 3.8) is 0 Å². The zero-order valence-corrected chi connectivity index (χ0v) is 16.1. The Morgan fingerprint density at radius 2 is 1.90 bits per heavy atom. The molecular weight excluding hydrogens is 393 g/mol. The maximum atomic E-state index is 12.9. The van der Waals surface area contributed by atoms with Gasteiger partial charge in [0.25, 0.3) is 5.56 Å². The summed E-state index contributed by atoms with van der Waals surface area (Å²) in [5, 5.41) is 12.8. The third-order valence-electron chi connectivity index (χ3n) is 3.87. The lowest BCUT2D eigenvalue weighted by molar-refractivity contribution is -0.113. The molecule has 1 amide bonds. The van der Waals surface area contributed by atoms with Gasteiger partial charge in [-0.1, -0.05) is 54.2 Å². The first kappa shape index (κ1) is 20.3. The van der Waals surface area contributed by atoms with Crippen LogP contribution in [0.25, 0.3) is 6.08 Å². The summed E-state index contributed by atoms with van der Waals surface area (Å²) >= 11 is 0.978. The molecule has 8 heteroatoms. The van der Waals surface area contributed by atoms with Crippen molar-refractivity contribution in [2.45, 2.75) is 11.6 Å². The number of thioether (sulfide) groups is 1. The summed E-state index contributed by atoms with van der Waals surface area (Å²) in [5.74, 6) is -1.15. The fourth-order valence-corrected chi connectivity index (χ4v) is 3.12. The second-order valence-corrected chi connectivity index (χ2v) is 7.00. The number of carbonyl (C=O) groups excluding carboxylic acids is 1. The van der Waals surface area contributed by atoms with Gasteiger partial charge >= 0.3 is 0 Å². The van der Waals surface area contributed by atoms with E-state index < -0.39 is 11.4 Å². The first-order chi connectivity index (χ1) is 14.0. The molecule has 0 saturated heterocycles. The van der Waals surface area contributed by atoms with E-state index in [0.717, 1.165) is 17.3 Å². The second-order valence-electron chi connectivity index (χ2n) is 6.03.